The molecule has 0 saturated carbocycles. The van der Waals surface area contributed by atoms with Crippen molar-refractivity contribution >= 4 is 17.5 Å². The minimum Gasteiger partial charge on any atom is -0.493 e. The molecule has 1 aromatic heterocycles. The molecule has 3 rings (SSSR count). The number of nitrogens with one attached hydrogen (secondary N) is 1. The Morgan fingerprint density at radius 1 is 1.15 bits per heavy atom. The van der Waals surface area contributed by atoms with Gasteiger partial charge in [-0.1, -0.05) is 17.7 Å². The average molecular weight is 374 g/mol. The van der Waals surface area contributed by atoms with E-state index < -0.39 is 0 Å². The van der Waals surface area contributed by atoms with Gasteiger partial charge in [-0.05, 0) is 46.3 Å². The van der Waals surface area contributed by atoms with Crippen molar-refractivity contribution in [1.82, 2.24) is 25.5 Å². The maximum absolute atomic E-state index is 12.6. The Morgan fingerprint density at radius 2 is 1.96 bits per heavy atom. The number of halogens is 1. The van der Waals surface area contributed by atoms with Gasteiger partial charge in [-0.2, -0.15) is 4.68 Å². The Labute approximate surface area is 154 Å². The number of methoxy groups -OCH3 is 2. The molecule has 8 nitrogen and oxygen atoms in total. The number of hydrogen-bond donors (Lipinski definition) is 1. The van der Waals surface area contributed by atoms with E-state index in [0.29, 0.717) is 34.3 Å². The zero-order chi connectivity index (χ0) is 18.5. The molecule has 0 aliphatic carbocycles. The maximum atomic E-state index is 12.6. The first-order valence-corrected chi connectivity index (χ1v) is 8.02. The van der Waals surface area contributed by atoms with Gasteiger partial charge in [0.1, 0.15) is 6.33 Å². The van der Waals surface area contributed by atoms with Gasteiger partial charge in [-0.25, -0.2) is 0 Å². The smallest absolute Gasteiger partial charge is 0.253 e. The quantitative estimate of drug-likeness (QED) is 0.712. The van der Waals surface area contributed by atoms with Gasteiger partial charge in [0, 0.05) is 11.6 Å². The summed E-state index contributed by atoms with van der Waals surface area (Å²) in [6.07, 6.45) is 1.40. The third kappa shape index (κ3) is 3.75. The predicted molar refractivity (Wildman–Crippen MR) is 94.9 cm³/mol. The Kier molecular flexibility index (Phi) is 5.33. The van der Waals surface area contributed by atoms with Crippen LogP contribution in [0, 0.1) is 0 Å². The largest absolute Gasteiger partial charge is 0.493 e. The van der Waals surface area contributed by atoms with Crippen molar-refractivity contribution in [3.05, 3.63) is 58.9 Å². The van der Waals surface area contributed by atoms with Gasteiger partial charge in [0.2, 0.25) is 0 Å². The van der Waals surface area contributed by atoms with Crippen molar-refractivity contribution in [2.24, 2.45) is 0 Å². The first kappa shape index (κ1) is 17.7. The lowest BCUT2D eigenvalue weighted by Gasteiger charge is -2.12. The highest BCUT2D eigenvalue weighted by Crippen LogP contribution is 2.27. The van der Waals surface area contributed by atoms with Gasteiger partial charge in [-0.15, -0.1) is 5.10 Å². The van der Waals surface area contributed by atoms with Crippen molar-refractivity contribution in [2.75, 3.05) is 14.2 Å². The van der Waals surface area contributed by atoms with Crippen molar-refractivity contribution in [3.63, 3.8) is 0 Å². The average Bonchev–Trinajstić information content (AvgIpc) is 3.20. The van der Waals surface area contributed by atoms with Crippen LogP contribution < -0.4 is 14.8 Å². The summed E-state index contributed by atoms with van der Waals surface area (Å²) < 4.78 is 11.9. The number of aromatic nitrogens is 4. The first-order valence-electron chi connectivity index (χ1n) is 7.64. The second kappa shape index (κ2) is 7.83. The zero-order valence-corrected chi connectivity index (χ0v) is 14.9. The van der Waals surface area contributed by atoms with E-state index in [1.807, 2.05) is 12.1 Å². The van der Waals surface area contributed by atoms with Gasteiger partial charge in [-0.3, -0.25) is 4.79 Å². The van der Waals surface area contributed by atoms with Gasteiger partial charge >= 0.3 is 0 Å². The van der Waals surface area contributed by atoms with E-state index in [-0.39, 0.29) is 5.91 Å². The van der Waals surface area contributed by atoms with E-state index in [1.165, 1.54) is 11.0 Å². The molecule has 0 atom stereocenters. The standard InChI is InChI=1S/C17H16ClN5O3/c1-25-15-6-3-11(7-16(15)26-2)9-19-17(24)13-5-4-12(18)8-14(13)23-10-20-21-22-23/h3-8,10H,9H2,1-2H3,(H,19,24). The van der Waals surface area contributed by atoms with Crippen LogP contribution in [0.3, 0.4) is 0 Å². The fraction of sp³-hybridized carbons (Fsp3) is 0.176. The highest BCUT2D eigenvalue weighted by molar-refractivity contribution is 6.31. The van der Waals surface area contributed by atoms with E-state index in [1.54, 1.807) is 38.5 Å². The summed E-state index contributed by atoms with van der Waals surface area (Å²) in [5.74, 6) is 0.948. The van der Waals surface area contributed by atoms with Crippen molar-refractivity contribution in [1.29, 1.82) is 0 Å². The summed E-state index contributed by atoms with van der Waals surface area (Å²) in [6, 6.07) is 10.3. The van der Waals surface area contributed by atoms with Crippen LogP contribution in [0.5, 0.6) is 11.5 Å². The van der Waals surface area contributed by atoms with E-state index in [4.69, 9.17) is 21.1 Å². The number of rotatable bonds is 6. The Hall–Kier alpha value is -3.13. The molecule has 134 valence electrons. The van der Waals surface area contributed by atoms with E-state index in [0.717, 1.165) is 5.56 Å². The summed E-state index contributed by atoms with van der Waals surface area (Å²) in [5.41, 5.74) is 1.77. The van der Waals surface area contributed by atoms with Crippen LogP contribution in [0.1, 0.15) is 15.9 Å². The molecule has 1 amide bonds. The number of ether oxygens (including phenoxy) is 2. The van der Waals surface area contributed by atoms with Gasteiger partial charge in [0.05, 0.1) is 25.5 Å². The fourth-order valence-electron chi connectivity index (χ4n) is 2.43. The van der Waals surface area contributed by atoms with Gasteiger partial charge in [0.25, 0.3) is 5.91 Å². The molecule has 0 bridgehead atoms. The minimum absolute atomic E-state index is 0.276. The SMILES string of the molecule is COc1ccc(CNC(=O)c2ccc(Cl)cc2-n2cnnn2)cc1OC. The second-order valence-corrected chi connectivity index (χ2v) is 5.72. The fourth-order valence-corrected chi connectivity index (χ4v) is 2.59. The second-order valence-electron chi connectivity index (χ2n) is 5.29. The van der Waals surface area contributed by atoms with Crippen molar-refractivity contribution in [3.8, 4) is 17.2 Å². The molecule has 1 N–H and O–H groups in total. The lowest BCUT2D eigenvalue weighted by molar-refractivity contribution is 0.0950. The third-order valence-electron chi connectivity index (χ3n) is 3.70. The van der Waals surface area contributed by atoms with Gasteiger partial charge in [0.15, 0.2) is 11.5 Å². The number of carbonyl (C=O) groups is 1. The molecule has 26 heavy (non-hydrogen) atoms. The van der Waals surface area contributed by atoms with Crippen molar-refractivity contribution < 1.29 is 14.3 Å². The minimum atomic E-state index is -0.276. The molecule has 0 aliphatic rings. The summed E-state index contributed by atoms with van der Waals surface area (Å²) in [5, 5.41) is 14.3. The molecule has 0 saturated heterocycles. The van der Waals surface area contributed by atoms with Crippen LogP contribution in [-0.2, 0) is 6.54 Å². The Balaban J connectivity index is 1.79. The molecule has 0 unspecified atom stereocenters. The van der Waals surface area contributed by atoms with Gasteiger partial charge < -0.3 is 14.8 Å². The number of nitrogens with zero attached hydrogens (tertiary/aromatic N) is 4. The van der Waals surface area contributed by atoms with Crippen LogP contribution in [0.4, 0.5) is 0 Å². The lowest BCUT2D eigenvalue weighted by Crippen LogP contribution is -2.24. The molecular weight excluding hydrogens is 358 g/mol. The third-order valence-corrected chi connectivity index (χ3v) is 3.94. The summed E-state index contributed by atoms with van der Waals surface area (Å²) >= 11 is 6.03. The predicted octanol–water partition coefficient (Wildman–Crippen LogP) is 2.26. The number of amides is 1. The van der Waals surface area contributed by atoms with E-state index >= 15 is 0 Å². The number of hydrogen-bond acceptors (Lipinski definition) is 6. The molecule has 1 heterocycles. The molecule has 0 spiro atoms. The normalized spacial score (nSPS) is 10.4. The van der Waals surface area contributed by atoms with Crippen LogP contribution in [-0.4, -0.2) is 40.3 Å². The molecule has 0 fully saturated rings. The van der Waals surface area contributed by atoms with Crippen LogP contribution in [0.25, 0.3) is 5.69 Å². The summed E-state index contributed by atoms with van der Waals surface area (Å²) in [4.78, 5) is 12.6. The Morgan fingerprint density at radius 3 is 2.65 bits per heavy atom. The highest BCUT2D eigenvalue weighted by Gasteiger charge is 2.15. The first-order chi connectivity index (χ1) is 12.6. The molecule has 9 heteroatoms. The molecule has 2 aromatic carbocycles. The molecule has 0 aliphatic heterocycles. The zero-order valence-electron chi connectivity index (χ0n) is 14.1. The molecular formula is C17H16ClN5O3. The summed E-state index contributed by atoms with van der Waals surface area (Å²) in [6.45, 7) is 0.316. The number of benzene rings is 2. The van der Waals surface area contributed by atoms with Crippen LogP contribution in [0.2, 0.25) is 5.02 Å². The van der Waals surface area contributed by atoms with Crippen LogP contribution >= 0.6 is 11.6 Å². The summed E-state index contributed by atoms with van der Waals surface area (Å²) in [7, 11) is 3.13. The monoisotopic (exact) mass is 373 g/mol. The molecule has 3 aromatic rings. The maximum Gasteiger partial charge on any atom is 0.253 e. The topological polar surface area (TPSA) is 91.2 Å². The Bertz CT molecular complexity index is 915. The van der Waals surface area contributed by atoms with Crippen molar-refractivity contribution in [2.45, 2.75) is 6.54 Å². The number of tetrazole rings is 1. The molecule has 0 radical (unpaired) electrons. The van der Waals surface area contributed by atoms with E-state index in [2.05, 4.69) is 20.8 Å². The van der Waals surface area contributed by atoms with E-state index in [9.17, 15) is 4.79 Å². The van der Waals surface area contributed by atoms with Crippen LogP contribution in [0.15, 0.2) is 42.7 Å². The number of carbonyl (C=O) groups excluding carboxylic acids is 1. The highest BCUT2D eigenvalue weighted by atomic mass is 35.5. The lowest BCUT2D eigenvalue weighted by atomic mass is 10.1.